The van der Waals surface area contributed by atoms with E-state index in [1.54, 1.807) is 60.7 Å². The molecule has 0 atom stereocenters. The van der Waals surface area contributed by atoms with E-state index >= 15 is 0 Å². The van der Waals surface area contributed by atoms with Crippen LogP contribution in [0.5, 0.6) is 11.5 Å². The van der Waals surface area contributed by atoms with Crippen molar-refractivity contribution in [1.29, 1.82) is 0 Å². The maximum Gasteiger partial charge on any atom is 3.00 e. The number of azo groups is 2. The fraction of sp³-hybridized carbons (Fsp3) is 0.0625. The van der Waals surface area contributed by atoms with Crippen LogP contribution >= 0.6 is 0 Å². The van der Waals surface area contributed by atoms with E-state index in [1.165, 1.54) is 0 Å². The van der Waals surface area contributed by atoms with Gasteiger partial charge in [-0.25, -0.2) is 27.1 Å². The van der Waals surface area contributed by atoms with E-state index < -0.39 is 66.3 Å². The van der Waals surface area contributed by atoms with Gasteiger partial charge in [0.25, 0.3) is 11.8 Å². The van der Waals surface area contributed by atoms with Gasteiger partial charge in [-0.1, -0.05) is 73.9 Å². The van der Waals surface area contributed by atoms with Crippen LogP contribution in [0, 0.1) is 0 Å². The van der Waals surface area contributed by atoms with E-state index in [0.29, 0.717) is 11.4 Å². The third kappa shape index (κ3) is 13.3. The second-order valence-electron chi connectivity index (χ2n) is 10.2. The summed E-state index contributed by atoms with van der Waals surface area (Å²) in [6.45, 7) is 2.22. The largest absolute Gasteiger partial charge is 3.00 e. The van der Waals surface area contributed by atoms with Crippen LogP contribution in [0.25, 0.3) is 0 Å². The molecule has 0 bridgehead atoms. The Morgan fingerprint density at radius 3 is 1.21 bits per heavy atom. The fourth-order valence-electron chi connectivity index (χ4n) is 3.69. The van der Waals surface area contributed by atoms with Gasteiger partial charge < -0.3 is 31.1 Å². The van der Waals surface area contributed by atoms with Crippen molar-refractivity contribution in [2.75, 3.05) is 10.6 Å². The fourth-order valence-corrected chi connectivity index (χ4v) is 4.75. The van der Waals surface area contributed by atoms with Crippen LogP contribution in [0.15, 0.2) is 150 Å². The molecule has 0 aliphatic carbocycles. The van der Waals surface area contributed by atoms with Gasteiger partial charge in [0.05, 0.1) is 21.2 Å². The summed E-state index contributed by atoms with van der Waals surface area (Å²) >= 11 is 0. The molecular formula is C32H29CoN8O10S2. The number of benzene rings is 4. The van der Waals surface area contributed by atoms with Crippen molar-refractivity contribution >= 4 is 54.6 Å². The summed E-state index contributed by atoms with van der Waals surface area (Å²) in [4.78, 5) is 23.7. The van der Waals surface area contributed by atoms with Crippen LogP contribution < -0.4 is 41.3 Å². The molecule has 0 saturated heterocycles. The molecule has 21 heteroatoms. The van der Waals surface area contributed by atoms with Crippen molar-refractivity contribution in [1.82, 2.24) is 0 Å². The third-order valence-corrected chi connectivity index (χ3v) is 8.02. The molecule has 0 fully saturated rings. The topological polar surface area (TPSA) is 320 Å². The number of sulfonamides is 2. The maximum atomic E-state index is 12.2. The number of carbonyl (C=O) groups is 2. The van der Waals surface area contributed by atoms with E-state index in [0.717, 1.165) is 50.2 Å². The Morgan fingerprint density at radius 2 is 0.925 bits per heavy atom. The molecule has 0 spiro atoms. The molecule has 0 aliphatic heterocycles. The number of anilines is 2. The first-order valence-electron chi connectivity index (χ1n) is 14.4. The SMILES string of the molecule is C/C([O-])=C(/N=Nc1cc(S(N)(=O)=O)ccc1[O-])C(=O)Nc1ccccc1.C/C([O-])=C(/N=Nc1cc(S(N)(=O)=O)ccc1[O-])C(=O)Nc1ccccc1.[Co+3].[H+]. The molecular weight excluding hydrogens is 779 g/mol. The van der Waals surface area contributed by atoms with Crippen LogP contribution in [0.4, 0.5) is 22.7 Å². The number of carbonyl (C=O) groups excluding carboxylic acids is 2. The van der Waals surface area contributed by atoms with Gasteiger partial charge in [0.15, 0.2) is 0 Å². The van der Waals surface area contributed by atoms with Gasteiger partial charge >= 0.3 is 18.2 Å². The molecule has 6 N–H and O–H groups in total. The van der Waals surface area contributed by atoms with Crippen molar-refractivity contribution in [3.8, 4) is 11.5 Å². The Kier molecular flexibility index (Phi) is 15.5. The molecule has 0 saturated carbocycles. The van der Waals surface area contributed by atoms with Gasteiger partial charge in [-0.2, -0.15) is 10.2 Å². The number of nitrogens with one attached hydrogen (secondary N) is 2. The van der Waals surface area contributed by atoms with Crippen molar-refractivity contribution in [3.05, 3.63) is 120 Å². The number of allylic oxidation sites excluding steroid dienone is 2. The Hall–Kier alpha value is -5.97. The molecule has 0 heterocycles. The summed E-state index contributed by atoms with van der Waals surface area (Å²) in [5.41, 5.74) is -0.964. The maximum absolute atomic E-state index is 12.2. The normalized spacial score (nSPS) is 12.5. The molecule has 0 aromatic heterocycles. The number of amides is 2. The van der Waals surface area contributed by atoms with Gasteiger partial charge in [-0.3, -0.25) is 9.59 Å². The Labute approximate surface area is 315 Å². The zero-order valence-electron chi connectivity index (χ0n) is 28.4. The van der Waals surface area contributed by atoms with Crippen molar-refractivity contribution in [2.45, 2.75) is 23.6 Å². The van der Waals surface area contributed by atoms with Crippen LogP contribution in [-0.4, -0.2) is 28.6 Å². The van der Waals surface area contributed by atoms with Gasteiger partial charge in [0.1, 0.15) is 11.4 Å². The molecule has 0 unspecified atom stereocenters. The van der Waals surface area contributed by atoms with Crippen molar-refractivity contribution in [2.24, 2.45) is 30.7 Å². The first-order valence-corrected chi connectivity index (χ1v) is 17.5. The number of hydrogen-bond acceptors (Lipinski definition) is 14. The average Bonchev–Trinajstić information content (AvgIpc) is 3.06. The average molecular weight is 809 g/mol. The molecule has 4 aromatic rings. The number of nitrogens with zero attached hydrogens (tertiary/aromatic N) is 4. The molecule has 18 nitrogen and oxygen atoms in total. The monoisotopic (exact) mass is 808 g/mol. The smallest absolute Gasteiger partial charge is 0.874 e. The van der Waals surface area contributed by atoms with Gasteiger partial charge in [0, 0.05) is 11.4 Å². The van der Waals surface area contributed by atoms with Crippen LogP contribution in [0.1, 0.15) is 15.3 Å². The summed E-state index contributed by atoms with van der Waals surface area (Å²) in [6.07, 6.45) is 0. The Morgan fingerprint density at radius 1 is 0.604 bits per heavy atom. The number of para-hydroxylation sites is 2. The summed E-state index contributed by atoms with van der Waals surface area (Å²) in [7, 11) is -8.10. The van der Waals surface area contributed by atoms with Crippen LogP contribution in [-0.2, 0) is 46.4 Å². The number of nitrogens with two attached hydrogens (primary N) is 2. The minimum atomic E-state index is -4.05. The second kappa shape index (κ2) is 19.0. The predicted molar refractivity (Wildman–Crippen MR) is 180 cm³/mol. The minimum Gasteiger partial charge on any atom is -0.874 e. The molecule has 0 aliphatic rings. The standard InChI is InChI=1S/2C16H16N4O5S.Co/c2*1-10(21)15(16(23)18-11-5-3-2-4-6-11)20-19-13-9-12(26(17,24)25)7-8-14(13)22;/h2*2-9,21-22H,1H3,(H,18,23)(H2,17,24,25);/q;;+3/p-3/b2*15-10-,20-19?;. The van der Waals surface area contributed by atoms with E-state index in [2.05, 4.69) is 31.1 Å². The number of primary sulfonamides is 2. The van der Waals surface area contributed by atoms with Gasteiger partial charge in [-0.05, 0) is 48.5 Å². The predicted octanol–water partition coefficient (Wildman–Crippen LogP) is 1.55. The van der Waals surface area contributed by atoms with Crippen molar-refractivity contribution < 1.29 is 65.1 Å². The molecule has 0 radical (unpaired) electrons. The van der Waals surface area contributed by atoms with E-state index in [-0.39, 0.29) is 39.4 Å². The van der Waals surface area contributed by atoms with Gasteiger partial charge in [-0.15, -0.1) is 21.7 Å². The molecule has 278 valence electrons. The van der Waals surface area contributed by atoms with Crippen LogP contribution in [0.3, 0.4) is 0 Å². The summed E-state index contributed by atoms with van der Waals surface area (Å²) in [5, 5.41) is 75.9. The molecule has 2 amide bonds. The molecule has 4 aromatic carbocycles. The van der Waals surface area contributed by atoms with Crippen LogP contribution in [0.2, 0.25) is 0 Å². The Balaban J connectivity index is 0.000000521. The van der Waals surface area contributed by atoms with Gasteiger partial charge in [0.2, 0.25) is 20.0 Å². The van der Waals surface area contributed by atoms with E-state index in [4.69, 9.17) is 10.3 Å². The van der Waals surface area contributed by atoms with Crippen molar-refractivity contribution in [3.63, 3.8) is 0 Å². The zero-order chi connectivity index (χ0) is 38.6. The quantitative estimate of drug-likeness (QED) is 0.102. The molecule has 4 rings (SSSR count). The van der Waals surface area contributed by atoms with E-state index in [1.807, 2.05) is 0 Å². The minimum absolute atomic E-state index is 0. The first-order chi connectivity index (χ1) is 24.4. The molecule has 53 heavy (non-hydrogen) atoms. The third-order valence-electron chi connectivity index (χ3n) is 6.19. The summed E-state index contributed by atoms with van der Waals surface area (Å²) in [6, 6.07) is 22.5. The Bertz CT molecular complexity index is 2140. The number of hydrogen-bond donors (Lipinski definition) is 4. The number of rotatable bonds is 10. The first kappa shape index (κ1) is 43.2. The second-order valence-corrected chi connectivity index (χ2v) is 13.3. The summed E-state index contributed by atoms with van der Waals surface area (Å²) in [5.74, 6) is -4.29. The summed E-state index contributed by atoms with van der Waals surface area (Å²) < 4.78 is 45.3. The van der Waals surface area contributed by atoms with E-state index in [9.17, 15) is 46.9 Å². The zero-order valence-corrected chi connectivity index (χ0v) is 30.1.